The smallest absolute Gasteiger partial charge is 0.407 e. The largest absolute Gasteiger partial charge is 0.464 e. The number of likely N-dealkylation sites (tertiary alicyclic amines) is 3. The van der Waals surface area contributed by atoms with Crippen LogP contribution in [0.2, 0.25) is 0 Å². The van der Waals surface area contributed by atoms with Crippen molar-refractivity contribution in [2.75, 3.05) is 40.4 Å². The van der Waals surface area contributed by atoms with Crippen molar-refractivity contribution in [3.8, 4) is 39.5 Å². The number of aromatic amines is 2. The third kappa shape index (κ3) is 8.63. The number of nitrogens with zero attached hydrogens (tertiary/aromatic N) is 6. The van der Waals surface area contributed by atoms with E-state index < -0.39 is 36.3 Å². The van der Waals surface area contributed by atoms with Crippen molar-refractivity contribution in [2.24, 2.45) is 17.8 Å². The van der Waals surface area contributed by atoms with Crippen molar-refractivity contribution in [3.05, 3.63) is 88.1 Å². The normalized spacial score (nSPS) is 21.2. The molecular formula is C54H59FN10O8S. The van der Waals surface area contributed by atoms with Crippen molar-refractivity contribution >= 4 is 52.1 Å². The highest BCUT2D eigenvalue weighted by Gasteiger charge is 2.47. The Kier molecular flexibility index (Phi) is 12.2. The second-order valence-electron chi connectivity index (χ2n) is 21.0. The number of methoxy groups -OCH3 is 2. The van der Waals surface area contributed by atoms with Gasteiger partial charge in [0, 0.05) is 59.4 Å². The fraction of sp³-hybridized carbons (Fsp3) is 0.463. The molecule has 2 aliphatic carbocycles. The number of imidazole rings is 2. The average Bonchev–Trinajstić information content (AvgIpc) is 3.86. The second-order valence-corrected chi connectivity index (χ2v) is 22.1. The number of ether oxygens (including phenoxy) is 3. The number of H-pyrrole nitrogens is 2. The van der Waals surface area contributed by atoms with Crippen LogP contribution in [0.25, 0.3) is 44.7 Å². The summed E-state index contributed by atoms with van der Waals surface area (Å²) in [5.41, 5.74) is 4.60. The van der Waals surface area contributed by atoms with Crippen LogP contribution in [0.1, 0.15) is 111 Å². The summed E-state index contributed by atoms with van der Waals surface area (Å²) < 4.78 is 35.7. The first-order valence-corrected chi connectivity index (χ1v) is 26.6. The molecule has 6 aliphatic rings. The van der Waals surface area contributed by atoms with Gasteiger partial charge in [0.15, 0.2) is 0 Å². The molecule has 5 fully saturated rings. The van der Waals surface area contributed by atoms with E-state index in [0.717, 1.165) is 65.6 Å². The molecule has 2 saturated carbocycles. The van der Waals surface area contributed by atoms with Crippen LogP contribution in [0.4, 0.5) is 14.0 Å². The number of hydrogen-bond donors (Lipinski definition) is 4. The number of rotatable bonds is 13. The SMILES string of the molecule is COC(=O)NC(C(=O)N1CCC[C@H]1c1ncc(-c2ccc3c(c2)cc2n3C(c3ccc(C4CC4)s3)Oc3cc(-c4cnc([C@@H]5CCCN5C(=O)[C@@H](NC(=O)OC)C(C)C)[nH]4)cc(F)c3-2)[nH]1)C1CN(C(=O)C2CC2)C1. The average molecular weight is 1030 g/mol. The summed E-state index contributed by atoms with van der Waals surface area (Å²) in [7, 11) is 2.54. The Morgan fingerprint density at radius 1 is 0.770 bits per heavy atom. The lowest BCUT2D eigenvalue weighted by molar-refractivity contribution is -0.145. The van der Waals surface area contributed by atoms with Gasteiger partial charge in [-0.15, -0.1) is 11.3 Å². The number of alkyl carbamates (subject to hydrolysis) is 2. The summed E-state index contributed by atoms with van der Waals surface area (Å²) in [4.78, 5) is 89.6. The first-order chi connectivity index (χ1) is 35.8. The van der Waals surface area contributed by atoms with Crippen LogP contribution in [-0.2, 0) is 23.9 Å². The molecule has 12 rings (SSSR count). The Hall–Kier alpha value is -7.22. The maximum absolute atomic E-state index is 17.0. The highest BCUT2D eigenvalue weighted by molar-refractivity contribution is 7.12. The van der Waals surface area contributed by atoms with Gasteiger partial charge < -0.3 is 49.5 Å². The Labute approximate surface area is 430 Å². The molecule has 6 aromatic rings. The number of thiophene rings is 1. The maximum Gasteiger partial charge on any atom is 0.407 e. The summed E-state index contributed by atoms with van der Waals surface area (Å²) in [5, 5.41) is 6.34. The summed E-state index contributed by atoms with van der Waals surface area (Å²) >= 11 is 1.72. The Bertz CT molecular complexity index is 3200. The molecule has 20 heteroatoms. The van der Waals surface area contributed by atoms with Gasteiger partial charge in [-0.05, 0) is 106 Å². The lowest BCUT2D eigenvalue weighted by atomic mass is 9.89. The number of halogens is 1. The Balaban J connectivity index is 0.829. The van der Waals surface area contributed by atoms with E-state index in [0.29, 0.717) is 84.9 Å². The molecule has 5 atom stereocenters. The highest BCUT2D eigenvalue weighted by atomic mass is 32.1. The number of carbonyl (C=O) groups is 5. The van der Waals surface area contributed by atoms with Gasteiger partial charge in [0.25, 0.3) is 0 Å². The van der Waals surface area contributed by atoms with Crippen LogP contribution in [0.5, 0.6) is 5.75 Å². The molecule has 0 bridgehead atoms. The molecule has 3 saturated heterocycles. The number of carbonyl (C=O) groups excluding carboxylic acids is 5. The molecular weight excluding hydrogens is 968 g/mol. The molecule has 74 heavy (non-hydrogen) atoms. The van der Waals surface area contributed by atoms with Gasteiger partial charge >= 0.3 is 12.2 Å². The molecule has 2 aromatic carbocycles. The van der Waals surface area contributed by atoms with Crippen molar-refractivity contribution in [2.45, 2.75) is 102 Å². The van der Waals surface area contributed by atoms with E-state index in [1.54, 1.807) is 38.4 Å². The molecule has 2 unspecified atom stereocenters. The third-order valence-corrected chi connectivity index (χ3v) is 17.0. The predicted molar refractivity (Wildman–Crippen MR) is 271 cm³/mol. The van der Waals surface area contributed by atoms with Crippen LogP contribution in [-0.4, -0.2) is 122 Å². The Morgan fingerprint density at radius 2 is 1.42 bits per heavy atom. The molecule has 5 amide bonds. The number of nitrogens with one attached hydrogen (secondary N) is 4. The zero-order valence-electron chi connectivity index (χ0n) is 41.7. The monoisotopic (exact) mass is 1030 g/mol. The van der Waals surface area contributed by atoms with E-state index in [4.69, 9.17) is 24.2 Å². The van der Waals surface area contributed by atoms with Crippen LogP contribution >= 0.6 is 11.3 Å². The molecule has 0 radical (unpaired) electrons. The summed E-state index contributed by atoms with van der Waals surface area (Å²) in [6.07, 6.45) is 8.47. The fourth-order valence-corrected chi connectivity index (χ4v) is 12.6. The summed E-state index contributed by atoms with van der Waals surface area (Å²) in [6.45, 7) is 5.56. The van der Waals surface area contributed by atoms with Gasteiger partial charge in [0.2, 0.25) is 23.9 Å². The number of amides is 5. The first kappa shape index (κ1) is 47.8. The van der Waals surface area contributed by atoms with Gasteiger partial charge in [-0.1, -0.05) is 19.9 Å². The lowest BCUT2D eigenvalue weighted by Gasteiger charge is -2.44. The maximum atomic E-state index is 17.0. The predicted octanol–water partition coefficient (Wildman–Crippen LogP) is 8.41. The van der Waals surface area contributed by atoms with Crippen molar-refractivity contribution in [1.29, 1.82) is 0 Å². The van der Waals surface area contributed by atoms with E-state index >= 15 is 4.39 Å². The van der Waals surface area contributed by atoms with E-state index in [9.17, 15) is 24.0 Å². The number of aromatic nitrogens is 5. The third-order valence-electron chi connectivity index (χ3n) is 15.7. The van der Waals surface area contributed by atoms with Crippen molar-refractivity contribution in [3.63, 3.8) is 0 Å². The van der Waals surface area contributed by atoms with Crippen LogP contribution in [0, 0.1) is 23.6 Å². The van der Waals surface area contributed by atoms with Crippen LogP contribution in [0.3, 0.4) is 0 Å². The minimum absolute atomic E-state index is 0.0789. The molecule has 4 aromatic heterocycles. The number of fused-ring (bicyclic) bond motifs is 5. The Morgan fingerprint density at radius 3 is 2.07 bits per heavy atom. The zero-order chi connectivity index (χ0) is 51.1. The molecule has 8 heterocycles. The zero-order valence-corrected chi connectivity index (χ0v) is 42.5. The summed E-state index contributed by atoms with van der Waals surface area (Å²) in [6, 6.07) is 13.4. The van der Waals surface area contributed by atoms with Gasteiger partial charge in [0.05, 0.1) is 71.7 Å². The minimum atomic E-state index is -0.847. The van der Waals surface area contributed by atoms with Gasteiger partial charge in [-0.2, -0.15) is 0 Å². The van der Waals surface area contributed by atoms with Gasteiger partial charge in [-0.25, -0.2) is 23.9 Å². The molecule has 0 spiro atoms. The molecule has 4 aliphatic heterocycles. The molecule has 4 N–H and O–H groups in total. The lowest BCUT2D eigenvalue weighted by Crippen LogP contribution is -2.63. The quantitative estimate of drug-likeness (QED) is 0.0868. The number of benzene rings is 2. The molecule has 386 valence electrons. The van der Waals surface area contributed by atoms with Crippen molar-refractivity contribution in [1.82, 2.24) is 49.8 Å². The second kappa shape index (κ2) is 18.9. The van der Waals surface area contributed by atoms with Crippen molar-refractivity contribution < 1.29 is 42.6 Å². The fourth-order valence-electron chi connectivity index (χ4n) is 11.4. The topological polar surface area (TPSA) is 209 Å². The van der Waals surface area contributed by atoms with Gasteiger partial charge in [-0.3, -0.25) is 19.0 Å². The van der Waals surface area contributed by atoms with E-state index in [2.05, 4.69) is 43.4 Å². The first-order valence-electron chi connectivity index (χ1n) is 25.8. The van der Waals surface area contributed by atoms with Crippen LogP contribution < -0.4 is 15.4 Å². The van der Waals surface area contributed by atoms with Gasteiger partial charge in [0.1, 0.15) is 35.3 Å². The van der Waals surface area contributed by atoms with E-state index in [-0.39, 0.29) is 47.6 Å². The van der Waals surface area contributed by atoms with Crippen LogP contribution in [0.15, 0.2) is 60.9 Å². The van der Waals surface area contributed by atoms with E-state index in [1.807, 2.05) is 38.1 Å². The minimum Gasteiger partial charge on any atom is -0.464 e. The summed E-state index contributed by atoms with van der Waals surface area (Å²) in [5.74, 6) is 1.02. The molecule has 18 nitrogen and oxygen atoms in total. The standard InChI is InChI=1S/C54H59FN10O8S/c1-27(2)45(60-53(69)71-3)50(67)63-17-5-7-38(63)48-57-24-36(59-48)31-20-34(55)44-40-21-32-19-30(13-14-37(32)65(40)52(73-41(44)22-31)43-16-15-42(74-43)28-9-10-28)35-23-56-47(58-35)39-8-6-18-64(39)51(68)46(61-54(70)72-4)33-25-62(26-33)49(66)29-11-12-29/h13-16,19-24,27-29,33,38-39,45-46,52H,5-12,17-18,25-26H2,1-4H3,(H,56,58)(H,57,59)(H,60,69)(H,61,70)/t38-,39-,45-,46?,52?/m0/s1. The highest BCUT2D eigenvalue weighted by Crippen LogP contribution is 2.50. The number of hydrogen-bond acceptors (Lipinski definition) is 11. The van der Waals surface area contributed by atoms with E-state index in [1.165, 1.54) is 25.2 Å².